The van der Waals surface area contributed by atoms with Crippen LogP contribution >= 0.6 is 0 Å². The Morgan fingerprint density at radius 3 is 2.22 bits per heavy atom. The summed E-state index contributed by atoms with van der Waals surface area (Å²) >= 11 is 0. The molecule has 1 aliphatic heterocycles. The first-order valence-corrected chi connectivity index (χ1v) is 10.5. The molecule has 156 valence electrons. The third-order valence-electron chi connectivity index (χ3n) is 4.86. The van der Waals surface area contributed by atoms with Crippen molar-refractivity contribution in [3.05, 3.63) is 11.8 Å². The topological polar surface area (TPSA) is 91.6 Å². The molecule has 27 heavy (non-hydrogen) atoms. The molecule has 1 saturated heterocycles. The van der Waals surface area contributed by atoms with Crippen LogP contribution in [0.15, 0.2) is 6.20 Å². The quantitative estimate of drug-likeness (QED) is 0.477. The van der Waals surface area contributed by atoms with E-state index >= 15 is 0 Å². The lowest BCUT2D eigenvalue weighted by molar-refractivity contribution is -0.0795. The number of unbranched alkanes of at least 4 members (excludes halogenated alkanes) is 3. The molecule has 0 radical (unpaired) electrons. The smallest absolute Gasteiger partial charge is 0.124 e. The Morgan fingerprint density at radius 2 is 1.63 bits per heavy atom. The molecular weight excluding hydrogens is 346 g/mol. The molecule has 0 spiro atoms. The van der Waals surface area contributed by atoms with E-state index in [9.17, 15) is 0 Å². The first-order chi connectivity index (χ1) is 13.2. The number of aromatic amines is 1. The fraction of sp³-hybridized carbons (Fsp3) is 0.850. The van der Waals surface area contributed by atoms with Crippen LogP contribution in [0.3, 0.4) is 0 Å². The number of anilines is 1. The second-order valence-corrected chi connectivity index (χ2v) is 7.14. The highest BCUT2D eigenvalue weighted by atomic mass is 16.6. The molecule has 1 aromatic rings. The normalized spacial score (nSPS) is 25.3. The van der Waals surface area contributed by atoms with E-state index in [1.165, 1.54) is 0 Å². The number of nitrogens with zero attached hydrogens (tertiary/aromatic N) is 1. The van der Waals surface area contributed by atoms with Gasteiger partial charge in [-0.25, -0.2) is 0 Å². The lowest BCUT2D eigenvalue weighted by Gasteiger charge is -2.25. The van der Waals surface area contributed by atoms with Crippen LogP contribution in [0.4, 0.5) is 5.82 Å². The molecule has 0 unspecified atom stereocenters. The van der Waals surface area contributed by atoms with Crippen LogP contribution < -0.4 is 5.73 Å². The van der Waals surface area contributed by atoms with Crippen LogP contribution in [0.2, 0.25) is 0 Å². The lowest BCUT2D eigenvalue weighted by Crippen LogP contribution is -2.38. The first-order valence-electron chi connectivity index (χ1n) is 10.5. The number of nitrogens with two attached hydrogens (primary N) is 1. The Morgan fingerprint density at radius 1 is 1.00 bits per heavy atom. The largest absolute Gasteiger partial charge is 0.384 e. The van der Waals surface area contributed by atoms with E-state index in [0.29, 0.717) is 25.6 Å². The third-order valence-corrected chi connectivity index (χ3v) is 4.86. The second-order valence-electron chi connectivity index (χ2n) is 7.14. The van der Waals surface area contributed by atoms with Crippen LogP contribution in [0.25, 0.3) is 0 Å². The summed E-state index contributed by atoms with van der Waals surface area (Å²) in [6.45, 7) is 9.06. The fourth-order valence-electron chi connectivity index (χ4n) is 3.20. The molecule has 0 amide bonds. The summed E-state index contributed by atoms with van der Waals surface area (Å²) < 4.78 is 24.6. The molecule has 1 aliphatic rings. The zero-order valence-electron chi connectivity index (χ0n) is 17.1. The maximum absolute atomic E-state index is 6.34. The van der Waals surface area contributed by atoms with Gasteiger partial charge >= 0.3 is 0 Å². The fourth-order valence-corrected chi connectivity index (χ4v) is 3.20. The van der Waals surface area contributed by atoms with E-state index in [1.54, 1.807) is 6.20 Å². The standard InChI is InChI=1S/C20H37N3O4/c1-4-7-10-24-14-16-18(25-11-8-5-2)19(26-12-9-6-3)17(27-16)15-13-22-23-20(15)21/h13,16-19H,4-12,14H2,1-3H3,(H3,21,22,23)/t16-,17-,18-,19+/m1/s1. The maximum atomic E-state index is 6.34. The van der Waals surface area contributed by atoms with Crippen LogP contribution in [-0.4, -0.2) is 54.9 Å². The van der Waals surface area contributed by atoms with Crippen LogP contribution in [0, 0.1) is 0 Å². The number of nitrogen functional groups attached to an aromatic ring is 1. The molecule has 1 fully saturated rings. The van der Waals surface area contributed by atoms with Gasteiger partial charge < -0.3 is 24.7 Å². The summed E-state index contributed by atoms with van der Waals surface area (Å²) in [5.74, 6) is 0.518. The predicted octanol–water partition coefficient (Wildman–Crippen LogP) is 3.62. The van der Waals surface area contributed by atoms with E-state index in [2.05, 4.69) is 31.0 Å². The maximum Gasteiger partial charge on any atom is 0.124 e. The molecule has 2 rings (SSSR count). The van der Waals surface area contributed by atoms with E-state index in [-0.39, 0.29) is 24.4 Å². The molecule has 3 N–H and O–H groups in total. The lowest BCUT2D eigenvalue weighted by atomic mass is 10.0. The Kier molecular flexibility index (Phi) is 10.1. The molecule has 0 aliphatic carbocycles. The highest BCUT2D eigenvalue weighted by molar-refractivity contribution is 5.40. The van der Waals surface area contributed by atoms with Crippen molar-refractivity contribution < 1.29 is 18.9 Å². The Bertz CT molecular complexity index is 511. The summed E-state index contributed by atoms with van der Waals surface area (Å²) in [5.41, 5.74) is 6.89. The Balaban J connectivity index is 2.11. The van der Waals surface area contributed by atoms with Gasteiger partial charge in [0.2, 0.25) is 0 Å². The Labute approximate surface area is 163 Å². The number of H-pyrrole nitrogens is 1. The average molecular weight is 384 g/mol. The highest BCUT2D eigenvalue weighted by Gasteiger charge is 2.47. The molecule has 7 heteroatoms. The van der Waals surface area contributed by atoms with Crippen LogP contribution in [-0.2, 0) is 18.9 Å². The average Bonchev–Trinajstić information content (AvgIpc) is 3.23. The van der Waals surface area contributed by atoms with Gasteiger partial charge in [0.1, 0.15) is 30.2 Å². The van der Waals surface area contributed by atoms with Crippen molar-refractivity contribution in [3.63, 3.8) is 0 Å². The van der Waals surface area contributed by atoms with Gasteiger partial charge in [0, 0.05) is 25.4 Å². The van der Waals surface area contributed by atoms with Crippen molar-refractivity contribution in [1.29, 1.82) is 0 Å². The summed E-state index contributed by atoms with van der Waals surface area (Å²) in [4.78, 5) is 0. The second kappa shape index (κ2) is 12.3. The molecule has 4 atom stereocenters. The predicted molar refractivity (Wildman–Crippen MR) is 106 cm³/mol. The van der Waals surface area contributed by atoms with Gasteiger partial charge in [0.25, 0.3) is 0 Å². The van der Waals surface area contributed by atoms with Crippen molar-refractivity contribution in [2.45, 2.75) is 83.7 Å². The van der Waals surface area contributed by atoms with Crippen molar-refractivity contribution >= 4 is 5.82 Å². The summed E-state index contributed by atoms with van der Waals surface area (Å²) in [6.07, 6.45) is 7.20. The SMILES string of the molecule is CCCCOC[C@H]1O[C@H](c2cn[nH]c2N)[C@H](OCCCC)[C@@H]1OCCCC. The summed E-state index contributed by atoms with van der Waals surface area (Å²) in [7, 11) is 0. The van der Waals surface area contributed by atoms with Gasteiger partial charge in [-0.3, -0.25) is 5.10 Å². The zero-order chi connectivity index (χ0) is 19.5. The van der Waals surface area contributed by atoms with Crippen LogP contribution in [0.1, 0.15) is 71.0 Å². The number of nitrogens with one attached hydrogen (secondary N) is 1. The molecule has 0 saturated carbocycles. The van der Waals surface area contributed by atoms with Gasteiger partial charge in [-0.05, 0) is 19.3 Å². The van der Waals surface area contributed by atoms with Gasteiger partial charge in [-0.1, -0.05) is 40.0 Å². The monoisotopic (exact) mass is 383 g/mol. The first kappa shape index (κ1) is 22.1. The number of rotatable bonds is 14. The Hall–Kier alpha value is -1.15. The third kappa shape index (κ3) is 6.45. The van der Waals surface area contributed by atoms with Crippen molar-refractivity contribution in [2.24, 2.45) is 0 Å². The number of hydrogen-bond donors (Lipinski definition) is 2. The minimum atomic E-state index is -0.299. The van der Waals surface area contributed by atoms with E-state index in [4.69, 9.17) is 24.7 Å². The van der Waals surface area contributed by atoms with E-state index < -0.39 is 0 Å². The van der Waals surface area contributed by atoms with Gasteiger partial charge in [0.05, 0.1) is 12.8 Å². The number of aromatic nitrogens is 2. The molecule has 2 heterocycles. The van der Waals surface area contributed by atoms with Gasteiger partial charge in [-0.15, -0.1) is 0 Å². The van der Waals surface area contributed by atoms with Crippen molar-refractivity contribution in [3.8, 4) is 0 Å². The molecule has 0 aromatic carbocycles. The van der Waals surface area contributed by atoms with Crippen LogP contribution in [0.5, 0.6) is 0 Å². The van der Waals surface area contributed by atoms with E-state index in [0.717, 1.165) is 50.7 Å². The van der Waals surface area contributed by atoms with Crippen molar-refractivity contribution in [1.82, 2.24) is 10.2 Å². The van der Waals surface area contributed by atoms with Gasteiger partial charge in [0.15, 0.2) is 0 Å². The van der Waals surface area contributed by atoms with Gasteiger partial charge in [-0.2, -0.15) is 5.10 Å². The van der Waals surface area contributed by atoms with E-state index in [1.807, 2.05) is 0 Å². The summed E-state index contributed by atoms with van der Waals surface area (Å²) in [6, 6.07) is 0. The molecular formula is C20H37N3O4. The number of hydrogen-bond acceptors (Lipinski definition) is 6. The molecule has 1 aromatic heterocycles. The number of ether oxygens (including phenoxy) is 4. The highest BCUT2D eigenvalue weighted by Crippen LogP contribution is 2.39. The summed E-state index contributed by atoms with van der Waals surface area (Å²) in [5, 5.41) is 6.85. The zero-order valence-corrected chi connectivity index (χ0v) is 17.1. The molecule has 0 bridgehead atoms. The van der Waals surface area contributed by atoms with Crippen molar-refractivity contribution in [2.75, 3.05) is 32.2 Å². The minimum Gasteiger partial charge on any atom is -0.384 e. The molecule has 7 nitrogen and oxygen atoms in total. The minimum absolute atomic E-state index is 0.172.